The second-order valence-electron chi connectivity index (χ2n) is 7.15. The molecule has 0 spiro atoms. The monoisotopic (exact) mass is 331 g/mol. The molecule has 0 amide bonds. The summed E-state index contributed by atoms with van der Waals surface area (Å²) in [5.74, 6) is 0.924. The lowest BCUT2D eigenvalue weighted by atomic mass is 9.84. The van der Waals surface area contributed by atoms with Gasteiger partial charge in [-0.05, 0) is 31.7 Å². The van der Waals surface area contributed by atoms with E-state index in [1.165, 1.54) is 62.7 Å². The van der Waals surface area contributed by atoms with Crippen LogP contribution in [0.1, 0.15) is 57.1 Å². The Morgan fingerprint density at radius 2 is 2.04 bits per heavy atom. The summed E-state index contributed by atoms with van der Waals surface area (Å²) >= 11 is 1.54. The average Bonchev–Trinajstić information content (AvgIpc) is 3.19. The maximum Gasteiger partial charge on any atom is 0.258 e. The Morgan fingerprint density at radius 1 is 1.17 bits per heavy atom. The van der Waals surface area contributed by atoms with Crippen molar-refractivity contribution >= 4 is 16.3 Å². The van der Waals surface area contributed by atoms with Crippen molar-refractivity contribution in [1.29, 1.82) is 0 Å². The molecule has 23 heavy (non-hydrogen) atoms. The summed E-state index contributed by atoms with van der Waals surface area (Å²) in [5, 5.41) is 1.93. The summed E-state index contributed by atoms with van der Waals surface area (Å²) in [6.45, 7) is 1.99. The van der Waals surface area contributed by atoms with Gasteiger partial charge in [0.1, 0.15) is 0 Å². The minimum Gasteiger partial charge on any atom is -0.295 e. The molecule has 4 nitrogen and oxygen atoms in total. The van der Waals surface area contributed by atoms with Gasteiger partial charge in [0.15, 0.2) is 4.96 Å². The van der Waals surface area contributed by atoms with Crippen molar-refractivity contribution in [2.24, 2.45) is 5.92 Å². The van der Waals surface area contributed by atoms with Crippen LogP contribution in [0.3, 0.4) is 0 Å². The Bertz CT molecular complexity index is 716. The van der Waals surface area contributed by atoms with Gasteiger partial charge in [-0.3, -0.25) is 14.1 Å². The van der Waals surface area contributed by atoms with Gasteiger partial charge in [-0.15, -0.1) is 11.3 Å². The predicted octanol–water partition coefficient (Wildman–Crippen LogP) is 3.69. The van der Waals surface area contributed by atoms with E-state index in [1.54, 1.807) is 16.7 Å². The molecule has 0 aromatic carbocycles. The first kappa shape index (κ1) is 15.3. The number of nitrogens with zero attached hydrogens (tertiary/aromatic N) is 3. The number of hydrogen-bond donors (Lipinski definition) is 0. The molecule has 1 saturated heterocycles. The lowest BCUT2D eigenvalue weighted by molar-refractivity contribution is 0.190. The second kappa shape index (κ2) is 6.73. The summed E-state index contributed by atoms with van der Waals surface area (Å²) in [4.78, 5) is 20.2. The van der Waals surface area contributed by atoms with E-state index >= 15 is 0 Å². The maximum atomic E-state index is 12.1. The number of aromatic nitrogens is 2. The highest BCUT2D eigenvalue weighted by Crippen LogP contribution is 2.32. The fraction of sp³-hybridized carbons (Fsp3) is 0.667. The smallest absolute Gasteiger partial charge is 0.258 e. The van der Waals surface area contributed by atoms with Crippen LogP contribution in [-0.4, -0.2) is 26.9 Å². The Hall–Kier alpha value is -1.20. The largest absolute Gasteiger partial charge is 0.295 e. The Morgan fingerprint density at radius 3 is 2.91 bits per heavy atom. The van der Waals surface area contributed by atoms with Crippen molar-refractivity contribution in [2.75, 3.05) is 6.54 Å². The molecule has 0 bridgehead atoms. The molecule has 1 aliphatic carbocycles. The molecule has 2 aromatic heterocycles. The molecule has 0 N–H and O–H groups in total. The van der Waals surface area contributed by atoms with Crippen LogP contribution < -0.4 is 5.56 Å². The van der Waals surface area contributed by atoms with Gasteiger partial charge in [0, 0.05) is 30.2 Å². The van der Waals surface area contributed by atoms with E-state index in [0.29, 0.717) is 6.04 Å². The summed E-state index contributed by atoms with van der Waals surface area (Å²) in [6.07, 6.45) is 12.9. The fourth-order valence-electron chi connectivity index (χ4n) is 4.35. The highest BCUT2D eigenvalue weighted by molar-refractivity contribution is 7.15. The van der Waals surface area contributed by atoms with Gasteiger partial charge < -0.3 is 0 Å². The molecule has 2 aliphatic rings. The average molecular weight is 331 g/mol. The summed E-state index contributed by atoms with van der Waals surface area (Å²) in [7, 11) is 0. The number of hydrogen-bond acceptors (Lipinski definition) is 4. The third-order valence-corrected chi connectivity index (χ3v) is 6.31. The van der Waals surface area contributed by atoms with E-state index < -0.39 is 0 Å². The van der Waals surface area contributed by atoms with E-state index in [-0.39, 0.29) is 5.56 Å². The van der Waals surface area contributed by atoms with Crippen LogP contribution in [-0.2, 0) is 6.54 Å². The number of likely N-dealkylation sites (tertiary alicyclic amines) is 1. The van der Waals surface area contributed by atoms with Crippen molar-refractivity contribution in [3.63, 3.8) is 0 Å². The SMILES string of the molecule is O=c1cc(CN2CCC[C@@H]2CC2CCCCC2)nc2sccn12. The van der Waals surface area contributed by atoms with E-state index in [9.17, 15) is 4.79 Å². The first-order valence-electron chi connectivity index (χ1n) is 8.99. The molecule has 2 fully saturated rings. The molecule has 0 unspecified atom stereocenters. The third-order valence-electron chi connectivity index (χ3n) is 5.55. The normalized spacial score (nSPS) is 23.7. The van der Waals surface area contributed by atoms with Crippen LogP contribution in [0.25, 0.3) is 4.96 Å². The van der Waals surface area contributed by atoms with E-state index in [2.05, 4.69) is 9.88 Å². The Balaban J connectivity index is 1.46. The fourth-order valence-corrected chi connectivity index (χ4v) is 5.09. The van der Waals surface area contributed by atoms with Gasteiger partial charge in [0.05, 0.1) is 5.69 Å². The van der Waals surface area contributed by atoms with Gasteiger partial charge in [-0.1, -0.05) is 32.1 Å². The van der Waals surface area contributed by atoms with Crippen molar-refractivity contribution in [3.8, 4) is 0 Å². The zero-order chi connectivity index (χ0) is 15.6. The molecule has 1 aliphatic heterocycles. The van der Waals surface area contributed by atoms with Crippen LogP contribution in [0.4, 0.5) is 0 Å². The molecular formula is C18H25N3OS. The lowest BCUT2D eigenvalue weighted by Crippen LogP contribution is -2.32. The van der Waals surface area contributed by atoms with Gasteiger partial charge in [-0.2, -0.15) is 0 Å². The Labute approximate surface area is 141 Å². The number of fused-ring (bicyclic) bond motifs is 1. The topological polar surface area (TPSA) is 37.6 Å². The molecule has 1 saturated carbocycles. The van der Waals surface area contributed by atoms with Gasteiger partial charge in [0.25, 0.3) is 5.56 Å². The van der Waals surface area contributed by atoms with E-state index in [0.717, 1.165) is 29.7 Å². The first-order valence-corrected chi connectivity index (χ1v) is 9.87. The molecule has 5 heteroatoms. The molecule has 124 valence electrons. The molecule has 1 atom stereocenters. The molecule has 0 radical (unpaired) electrons. The molecular weight excluding hydrogens is 306 g/mol. The number of rotatable bonds is 4. The van der Waals surface area contributed by atoms with Gasteiger partial charge in [-0.25, -0.2) is 4.98 Å². The quantitative estimate of drug-likeness (QED) is 0.857. The standard InChI is InChI=1S/C18H25N3OS/c22-17-12-15(19-18-21(17)9-10-23-18)13-20-8-4-7-16(20)11-14-5-2-1-3-6-14/h9-10,12,14,16H,1-8,11,13H2/t16-/m1/s1. The lowest BCUT2D eigenvalue weighted by Gasteiger charge is -2.29. The zero-order valence-electron chi connectivity index (χ0n) is 13.6. The van der Waals surface area contributed by atoms with Crippen LogP contribution >= 0.6 is 11.3 Å². The minimum atomic E-state index is 0.0503. The van der Waals surface area contributed by atoms with Crippen molar-refractivity contribution in [2.45, 2.75) is 64.0 Å². The highest BCUT2D eigenvalue weighted by atomic mass is 32.1. The van der Waals surface area contributed by atoms with Gasteiger partial charge in [0.2, 0.25) is 0 Å². The maximum absolute atomic E-state index is 12.1. The van der Waals surface area contributed by atoms with Crippen molar-refractivity contribution in [3.05, 3.63) is 33.7 Å². The highest BCUT2D eigenvalue weighted by Gasteiger charge is 2.28. The number of thiazole rings is 1. The van der Waals surface area contributed by atoms with Crippen LogP contribution in [0.15, 0.2) is 22.4 Å². The van der Waals surface area contributed by atoms with E-state index in [4.69, 9.17) is 0 Å². The first-order chi connectivity index (χ1) is 11.3. The molecule has 2 aromatic rings. The second-order valence-corrected chi connectivity index (χ2v) is 8.02. The van der Waals surface area contributed by atoms with Crippen molar-refractivity contribution in [1.82, 2.24) is 14.3 Å². The third kappa shape index (κ3) is 3.36. The van der Waals surface area contributed by atoms with Crippen LogP contribution in [0.5, 0.6) is 0 Å². The van der Waals surface area contributed by atoms with Gasteiger partial charge >= 0.3 is 0 Å². The molecule has 4 rings (SSSR count). The summed E-state index contributed by atoms with van der Waals surface area (Å²) < 4.78 is 1.64. The minimum absolute atomic E-state index is 0.0503. The van der Waals surface area contributed by atoms with Crippen LogP contribution in [0, 0.1) is 5.92 Å². The molecule has 3 heterocycles. The van der Waals surface area contributed by atoms with E-state index in [1.807, 2.05) is 5.38 Å². The van der Waals surface area contributed by atoms with Crippen molar-refractivity contribution < 1.29 is 0 Å². The zero-order valence-corrected chi connectivity index (χ0v) is 14.4. The predicted molar refractivity (Wildman–Crippen MR) is 94.0 cm³/mol. The summed E-state index contributed by atoms with van der Waals surface area (Å²) in [6, 6.07) is 2.41. The summed E-state index contributed by atoms with van der Waals surface area (Å²) in [5.41, 5.74) is 0.988. The van der Waals surface area contributed by atoms with Crippen LogP contribution in [0.2, 0.25) is 0 Å². The Kier molecular flexibility index (Phi) is 4.49.